The number of carbonyl (C=O) groups is 1. The molecule has 0 aromatic heterocycles. The van der Waals surface area contributed by atoms with Crippen LogP contribution in [-0.4, -0.2) is 58.6 Å². The Balaban J connectivity index is 1.44. The molecule has 2 aliphatic rings. The van der Waals surface area contributed by atoms with Gasteiger partial charge in [0.1, 0.15) is 0 Å². The maximum absolute atomic E-state index is 12.3. The number of sulfonamides is 1. The number of morpholine rings is 1. The summed E-state index contributed by atoms with van der Waals surface area (Å²) in [5, 5.41) is 2.84. The molecule has 1 aliphatic carbocycles. The van der Waals surface area contributed by atoms with Gasteiger partial charge >= 0.3 is 0 Å². The number of hydrogen-bond donors (Lipinski definition) is 2. The van der Waals surface area contributed by atoms with Crippen molar-refractivity contribution in [1.29, 1.82) is 0 Å². The van der Waals surface area contributed by atoms with Crippen LogP contribution in [0.4, 0.5) is 5.69 Å². The number of hydrogen-bond acceptors (Lipinski definition) is 5. The van der Waals surface area contributed by atoms with E-state index >= 15 is 0 Å². The maximum atomic E-state index is 12.3. The fourth-order valence-corrected chi connectivity index (χ4v) is 4.12. The monoisotopic (exact) mass is 381 g/mol. The summed E-state index contributed by atoms with van der Waals surface area (Å²) in [4.78, 5) is 14.4. The average molecular weight is 381 g/mol. The molecule has 1 aromatic rings. The first kappa shape index (κ1) is 19.3. The SMILES string of the molecule is O=C(Nc1ccc(S(=O)(=O)NCCCN2CCOCC2)cc1)C1CCC1. The number of ether oxygens (including phenoxy) is 1. The Hall–Kier alpha value is -1.48. The summed E-state index contributed by atoms with van der Waals surface area (Å²) in [5.41, 5.74) is 0.633. The Morgan fingerprint density at radius 2 is 1.85 bits per heavy atom. The summed E-state index contributed by atoms with van der Waals surface area (Å²) >= 11 is 0. The van der Waals surface area contributed by atoms with Gasteiger partial charge in [-0.25, -0.2) is 13.1 Å². The third-order valence-corrected chi connectivity index (χ3v) is 6.43. The molecule has 0 bridgehead atoms. The van der Waals surface area contributed by atoms with Crippen LogP contribution in [0, 0.1) is 5.92 Å². The number of anilines is 1. The van der Waals surface area contributed by atoms with Gasteiger partial charge < -0.3 is 10.1 Å². The Morgan fingerprint density at radius 1 is 1.15 bits per heavy atom. The quantitative estimate of drug-likeness (QED) is 0.665. The highest BCUT2D eigenvalue weighted by atomic mass is 32.2. The van der Waals surface area contributed by atoms with E-state index in [4.69, 9.17) is 4.74 Å². The molecule has 0 unspecified atom stereocenters. The van der Waals surface area contributed by atoms with Crippen LogP contribution >= 0.6 is 0 Å². The molecule has 144 valence electrons. The summed E-state index contributed by atoms with van der Waals surface area (Å²) in [5.74, 6) is 0.125. The van der Waals surface area contributed by atoms with Gasteiger partial charge in [0.2, 0.25) is 15.9 Å². The normalized spacial score (nSPS) is 19.1. The molecule has 2 N–H and O–H groups in total. The topological polar surface area (TPSA) is 87.7 Å². The molecule has 1 saturated heterocycles. The second-order valence-corrected chi connectivity index (χ2v) is 8.61. The van der Waals surface area contributed by atoms with Gasteiger partial charge in [0, 0.05) is 31.2 Å². The van der Waals surface area contributed by atoms with Gasteiger partial charge in [-0.3, -0.25) is 9.69 Å². The molecule has 2 fully saturated rings. The highest BCUT2D eigenvalue weighted by Crippen LogP contribution is 2.27. The molecule has 7 nitrogen and oxygen atoms in total. The standard InChI is InChI=1S/C18H27N3O4S/c22-18(15-3-1-4-15)20-16-5-7-17(8-6-16)26(23,24)19-9-2-10-21-11-13-25-14-12-21/h5-8,15,19H,1-4,9-14H2,(H,20,22). The molecule has 0 atom stereocenters. The zero-order valence-electron chi connectivity index (χ0n) is 14.9. The summed E-state index contributed by atoms with van der Waals surface area (Å²) in [6, 6.07) is 6.33. The van der Waals surface area contributed by atoms with E-state index in [1.54, 1.807) is 12.1 Å². The van der Waals surface area contributed by atoms with Gasteiger partial charge in [-0.2, -0.15) is 0 Å². The molecule has 0 spiro atoms. The summed E-state index contributed by atoms with van der Waals surface area (Å²) < 4.78 is 32.6. The molecule has 3 rings (SSSR count). The van der Waals surface area contributed by atoms with E-state index in [2.05, 4.69) is 14.9 Å². The van der Waals surface area contributed by atoms with Crippen molar-refractivity contribution in [2.45, 2.75) is 30.6 Å². The zero-order chi connectivity index (χ0) is 18.4. The highest BCUT2D eigenvalue weighted by Gasteiger charge is 2.25. The number of rotatable bonds is 8. The number of nitrogens with zero attached hydrogens (tertiary/aromatic N) is 1. The van der Waals surface area contributed by atoms with Crippen molar-refractivity contribution in [1.82, 2.24) is 9.62 Å². The van der Waals surface area contributed by atoms with Crippen LogP contribution in [0.5, 0.6) is 0 Å². The molecule has 1 aliphatic heterocycles. The predicted octanol–water partition coefficient (Wildman–Crippen LogP) is 1.43. The van der Waals surface area contributed by atoms with E-state index in [0.717, 1.165) is 58.5 Å². The van der Waals surface area contributed by atoms with E-state index in [1.807, 2.05) is 0 Å². The minimum atomic E-state index is -3.52. The van der Waals surface area contributed by atoms with Crippen molar-refractivity contribution < 1.29 is 17.9 Å². The van der Waals surface area contributed by atoms with Crippen LogP contribution < -0.4 is 10.0 Å². The third-order valence-electron chi connectivity index (χ3n) is 4.96. The molecule has 1 amide bonds. The second-order valence-electron chi connectivity index (χ2n) is 6.85. The number of nitrogens with one attached hydrogen (secondary N) is 2. The molecule has 8 heteroatoms. The first-order valence-electron chi connectivity index (χ1n) is 9.25. The van der Waals surface area contributed by atoms with Gasteiger partial charge in [0.25, 0.3) is 0 Å². The molecule has 0 radical (unpaired) electrons. The molecular formula is C18H27N3O4S. The maximum Gasteiger partial charge on any atom is 0.240 e. The molecular weight excluding hydrogens is 354 g/mol. The Bertz CT molecular complexity index is 696. The minimum absolute atomic E-state index is 0.0214. The van der Waals surface area contributed by atoms with Crippen LogP contribution in [-0.2, 0) is 19.6 Å². The number of amides is 1. The first-order valence-corrected chi connectivity index (χ1v) is 10.7. The van der Waals surface area contributed by atoms with Gasteiger partial charge in [-0.05, 0) is 50.1 Å². The Morgan fingerprint density at radius 3 is 2.46 bits per heavy atom. The number of carbonyl (C=O) groups excluding carboxylic acids is 1. The van der Waals surface area contributed by atoms with Crippen molar-refractivity contribution in [2.75, 3.05) is 44.7 Å². The molecule has 1 saturated carbocycles. The van der Waals surface area contributed by atoms with Crippen LogP contribution in [0.25, 0.3) is 0 Å². The lowest BCUT2D eigenvalue weighted by Gasteiger charge is -2.26. The average Bonchev–Trinajstić information content (AvgIpc) is 2.58. The van der Waals surface area contributed by atoms with Gasteiger partial charge in [0.15, 0.2) is 0 Å². The second kappa shape index (κ2) is 8.94. The van der Waals surface area contributed by atoms with Crippen LogP contribution in [0.1, 0.15) is 25.7 Å². The Labute approximate surface area is 155 Å². The fourth-order valence-electron chi connectivity index (χ4n) is 3.05. The Kier molecular flexibility index (Phi) is 6.63. The lowest BCUT2D eigenvalue weighted by Crippen LogP contribution is -2.38. The first-order chi connectivity index (χ1) is 12.5. The van der Waals surface area contributed by atoms with Crippen molar-refractivity contribution in [2.24, 2.45) is 5.92 Å². The molecule has 1 aromatic carbocycles. The lowest BCUT2D eigenvalue weighted by molar-refractivity contribution is -0.122. The fraction of sp³-hybridized carbons (Fsp3) is 0.611. The van der Waals surface area contributed by atoms with Gasteiger partial charge in [-0.1, -0.05) is 6.42 Å². The number of benzene rings is 1. The summed E-state index contributed by atoms with van der Waals surface area (Å²) in [6.07, 6.45) is 3.74. The van der Waals surface area contributed by atoms with Crippen molar-refractivity contribution in [3.63, 3.8) is 0 Å². The summed E-state index contributed by atoms with van der Waals surface area (Å²) in [6.45, 7) is 4.56. The highest BCUT2D eigenvalue weighted by molar-refractivity contribution is 7.89. The van der Waals surface area contributed by atoms with Crippen LogP contribution in [0.3, 0.4) is 0 Å². The van der Waals surface area contributed by atoms with E-state index in [1.165, 1.54) is 12.1 Å². The van der Waals surface area contributed by atoms with Gasteiger partial charge in [0.05, 0.1) is 18.1 Å². The van der Waals surface area contributed by atoms with E-state index in [0.29, 0.717) is 12.2 Å². The van der Waals surface area contributed by atoms with Crippen LogP contribution in [0.15, 0.2) is 29.2 Å². The smallest absolute Gasteiger partial charge is 0.240 e. The largest absolute Gasteiger partial charge is 0.379 e. The van der Waals surface area contributed by atoms with Crippen molar-refractivity contribution >= 4 is 21.6 Å². The van der Waals surface area contributed by atoms with Crippen molar-refractivity contribution in [3.8, 4) is 0 Å². The van der Waals surface area contributed by atoms with Gasteiger partial charge in [-0.15, -0.1) is 0 Å². The van der Waals surface area contributed by atoms with Crippen LogP contribution in [0.2, 0.25) is 0 Å². The van der Waals surface area contributed by atoms with E-state index in [-0.39, 0.29) is 16.7 Å². The molecule has 26 heavy (non-hydrogen) atoms. The summed E-state index contributed by atoms with van der Waals surface area (Å²) in [7, 11) is -3.52. The lowest BCUT2D eigenvalue weighted by atomic mass is 9.85. The van der Waals surface area contributed by atoms with E-state index < -0.39 is 10.0 Å². The minimum Gasteiger partial charge on any atom is -0.379 e. The predicted molar refractivity (Wildman–Crippen MR) is 99.5 cm³/mol. The van der Waals surface area contributed by atoms with E-state index in [9.17, 15) is 13.2 Å². The third kappa shape index (κ3) is 5.26. The zero-order valence-corrected chi connectivity index (χ0v) is 15.8. The van der Waals surface area contributed by atoms with Crippen molar-refractivity contribution in [3.05, 3.63) is 24.3 Å². The molecule has 1 heterocycles.